The normalized spacial score (nSPS) is 9.40. The van der Waals surface area contributed by atoms with E-state index in [-0.39, 0.29) is 0 Å². The van der Waals surface area contributed by atoms with E-state index >= 15 is 0 Å². The molecule has 0 aromatic heterocycles. The highest BCUT2D eigenvalue weighted by Gasteiger charge is 1.93. The fraction of sp³-hybridized carbons (Fsp3) is 0.125. The fourth-order valence-corrected chi connectivity index (χ4v) is 1.12. The molecule has 1 rings (SSSR count). The minimum Gasteiger partial charge on any atom is -0.308 e. The molecule has 0 aliphatic rings. The Hall–Kier alpha value is -0.760. The van der Waals surface area contributed by atoms with E-state index in [2.05, 4.69) is 12.6 Å². The first-order valence-electron chi connectivity index (χ1n) is 3.04. The molecule has 1 N–H and O–H groups in total. The average Bonchev–Trinajstić information content (AvgIpc) is 1.88. The van der Waals surface area contributed by atoms with Gasteiger partial charge in [0.1, 0.15) is 0 Å². The summed E-state index contributed by atoms with van der Waals surface area (Å²) >= 11 is 4.20. The molecule has 1 aromatic rings. The zero-order valence-corrected chi connectivity index (χ0v) is 6.65. The largest absolute Gasteiger partial charge is 0.308 e. The molecule has 0 unspecified atom stereocenters. The quantitative estimate of drug-likeness (QED) is 0.454. The smallest absolute Gasteiger partial charge is 0.0261 e. The van der Waals surface area contributed by atoms with Gasteiger partial charge in [0.05, 0.1) is 0 Å². The fourth-order valence-electron chi connectivity index (χ4n) is 0.776. The van der Waals surface area contributed by atoms with Crippen molar-refractivity contribution in [1.82, 2.24) is 0 Å². The molecule has 0 radical (unpaired) electrons. The van der Waals surface area contributed by atoms with Crippen LogP contribution in [-0.2, 0) is 0 Å². The summed E-state index contributed by atoms with van der Waals surface area (Å²) in [5, 5.41) is 6.98. The Morgan fingerprint density at radius 3 is 2.70 bits per heavy atom. The maximum atomic E-state index is 6.98. The van der Waals surface area contributed by atoms with Crippen LogP contribution in [0, 0.1) is 12.3 Å². The van der Waals surface area contributed by atoms with E-state index in [0.29, 0.717) is 0 Å². The number of nitrogens with one attached hydrogen (secondary N) is 1. The van der Waals surface area contributed by atoms with E-state index in [1.165, 1.54) is 11.8 Å². The lowest BCUT2D eigenvalue weighted by Crippen LogP contribution is -1.82. The summed E-state index contributed by atoms with van der Waals surface area (Å²) in [4.78, 5) is 0.870. The molecule has 0 spiro atoms. The summed E-state index contributed by atoms with van der Waals surface area (Å²) in [7, 11) is 0. The SMILES string of the molecule is Cc1ccc(C=N)c(S)c1. The zero-order chi connectivity index (χ0) is 7.56. The molecule has 1 nitrogen and oxygen atoms in total. The molecule has 0 saturated heterocycles. The highest BCUT2D eigenvalue weighted by atomic mass is 32.1. The Bertz CT molecular complexity index is 255. The van der Waals surface area contributed by atoms with Gasteiger partial charge in [-0.1, -0.05) is 12.1 Å². The summed E-state index contributed by atoms with van der Waals surface area (Å²) in [6.07, 6.45) is 1.31. The van der Waals surface area contributed by atoms with Crippen LogP contribution in [0.3, 0.4) is 0 Å². The maximum Gasteiger partial charge on any atom is 0.0261 e. The summed E-state index contributed by atoms with van der Waals surface area (Å²) in [5.74, 6) is 0. The van der Waals surface area contributed by atoms with Crippen LogP contribution in [0.2, 0.25) is 0 Å². The standard InChI is InChI=1S/C8H9NS/c1-6-2-3-7(5-9)8(10)4-6/h2-5,9-10H,1H3. The van der Waals surface area contributed by atoms with Gasteiger partial charge in [0, 0.05) is 16.7 Å². The van der Waals surface area contributed by atoms with Crippen LogP contribution >= 0.6 is 12.6 Å². The monoisotopic (exact) mass is 151 g/mol. The average molecular weight is 151 g/mol. The van der Waals surface area contributed by atoms with Gasteiger partial charge in [-0.2, -0.15) is 0 Å². The minimum atomic E-state index is 0.869. The van der Waals surface area contributed by atoms with Crippen molar-refractivity contribution in [2.24, 2.45) is 0 Å². The van der Waals surface area contributed by atoms with E-state index < -0.39 is 0 Å². The first-order chi connectivity index (χ1) is 4.74. The molecule has 0 saturated carbocycles. The Morgan fingerprint density at radius 2 is 2.20 bits per heavy atom. The summed E-state index contributed by atoms with van der Waals surface area (Å²) in [5.41, 5.74) is 2.05. The van der Waals surface area contributed by atoms with Crippen molar-refractivity contribution >= 4 is 18.8 Å². The van der Waals surface area contributed by atoms with E-state index in [1.807, 2.05) is 25.1 Å². The minimum absolute atomic E-state index is 0.869. The van der Waals surface area contributed by atoms with Gasteiger partial charge in [-0.25, -0.2) is 0 Å². The van der Waals surface area contributed by atoms with E-state index in [1.54, 1.807) is 0 Å². The summed E-state index contributed by atoms with van der Waals surface area (Å²) in [6.45, 7) is 2.01. The number of benzene rings is 1. The van der Waals surface area contributed by atoms with Crippen LogP contribution in [0.25, 0.3) is 0 Å². The van der Waals surface area contributed by atoms with Crippen molar-refractivity contribution in [3.8, 4) is 0 Å². The molecule has 52 valence electrons. The number of hydrogen-bond acceptors (Lipinski definition) is 2. The molecule has 0 aliphatic heterocycles. The second-order valence-corrected chi connectivity index (χ2v) is 2.69. The summed E-state index contributed by atoms with van der Waals surface area (Å²) in [6, 6.07) is 5.81. The summed E-state index contributed by atoms with van der Waals surface area (Å²) < 4.78 is 0. The predicted octanol–water partition coefficient (Wildman–Crippen LogP) is 2.28. The molecule has 0 bridgehead atoms. The molecule has 2 heteroatoms. The highest BCUT2D eigenvalue weighted by molar-refractivity contribution is 7.80. The van der Waals surface area contributed by atoms with Gasteiger partial charge in [0.25, 0.3) is 0 Å². The third-order valence-electron chi connectivity index (χ3n) is 1.34. The molecule has 10 heavy (non-hydrogen) atoms. The van der Waals surface area contributed by atoms with Crippen LogP contribution in [0.5, 0.6) is 0 Å². The van der Waals surface area contributed by atoms with Crippen molar-refractivity contribution in [1.29, 1.82) is 5.41 Å². The lowest BCUT2D eigenvalue weighted by atomic mass is 10.2. The van der Waals surface area contributed by atoms with Gasteiger partial charge >= 0.3 is 0 Å². The van der Waals surface area contributed by atoms with Crippen molar-refractivity contribution < 1.29 is 0 Å². The van der Waals surface area contributed by atoms with Gasteiger partial charge in [-0.05, 0) is 18.6 Å². The highest BCUT2D eigenvalue weighted by Crippen LogP contribution is 2.12. The Morgan fingerprint density at radius 1 is 1.50 bits per heavy atom. The molecule has 0 fully saturated rings. The molecular formula is C8H9NS. The first-order valence-corrected chi connectivity index (χ1v) is 3.49. The van der Waals surface area contributed by atoms with Gasteiger partial charge in [0.15, 0.2) is 0 Å². The van der Waals surface area contributed by atoms with Crippen molar-refractivity contribution in [2.75, 3.05) is 0 Å². The van der Waals surface area contributed by atoms with Gasteiger partial charge in [-0.3, -0.25) is 0 Å². The second kappa shape index (κ2) is 2.88. The van der Waals surface area contributed by atoms with Gasteiger partial charge in [-0.15, -0.1) is 12.6 Å². The lowest BCUT2D eigenvalue weighted by molar-refractivity contribution is 1.34. The molecule has 0 atom stereocenters. The Labute approximate surface area is 66.0 Å². The van der Waals surface area contributed by atoms with Gasteiger partial charge in [0.2, 0.25) is 0 Å². The topological polar surface area (TPSA) is 23.9 Å². The predicted molar refractivity (Wildman–Crippen MR) is 46.3 cm³/mol. The second-order valence-electron chi connectivity index (χ2n) is 2.21. The van der Waals surface area contributed by atoms with Crippen LogP contribution in [0.4, 0.5) is 0 Å². The van der Waals surface area contributed by atoms with E-state index in [0.717, 1.165) is 10.5 Å². The lowest BCUT2D eigenvalue weighted by Gasteiger charge is -1.97. The van der Waals surface area contributed by atoms with Crippen molar-refractivity contribution in [3.05, 3.63) is 29.3 Å². The number of thiol groups is 1. The number of rotatable bonds is 1. The Balaban J connectivity index is 3.19. The molecular weight excluding hydrogens is 142 g/mol. The Kier molecular flexibility index (Phi) is 2.12. The van der Waals surface area contributed by atoms with Gasteiger partial charge < -0.3 is 5.41 Å². The van der Waals surface area contributed by atoms with Crippen molar-refractivity contribution in [2.45, 2.75) is 11.8 Å². The third kappa shape index (κ3) is 1.39. The molecule has 0 aliphatic carbocycles. The van der Waals surface area contributed by atoms with Crippen LogP contribution in [0.1, 0.15) is 11.1 Å². The number of aryl methyl sites for hydroxylation is 1. The van der Waals surface area contributed by atoms with Crippen LogP contribution in [0.15, 0.2) is 23.1 Å². The maximum absolute atomic E-state index is 6.98. The number of hydrogen-bond donors (Lipinski definition) is 2. The van der Waals surface area contributed by atoms with E-state index in [9.17, 15) is 0 Å². The third-order valence-corrected chi connectivity index (χ3v) is 1.73. The van der Waals surface area contributed by atoms with Crippen LogP contribution in [-0.4, -0.2) is 6.21 Å². The van der Waals surface area contributed by atoms with Crippen LogP contribution < -0.4 is 0 Å². The molecule has 1 aromatic carbocycles. The molecule has 0 amide bonds. The van der Waals surface area contributed by atoms with Crippen molar-refractivity contribution in [3.63, 3.8) is 0 Å². The molecule has 0 heterocycles. The van der Waals surface area contributed by atoms with E-state index in [4.69, 9.17) is 5.41 Å². The zero-order valence-electron chi connectivity index (χ0n) is 5.76. The first kappa shape index (κ1) is 7.35.